The summed E-state index contributed by atoms with van der Waals surface area (Å²) >= 11 is 2.18. The molecule has 1 aromatic rings. The molecule has 0 N–H and O–H groups in total. The highest BCUT2D eigenvalue weighted by atomic mass is 127. The lowest BCUT2D eigenvalue weighted by Gasteiger charge is -2.18. The van der Waals surface area contributed by atoms with Gasteiger partial charge in [-0.2, -0.15) is 0 Å². The molecule has 0 saturated carbocycles. The van der Waals surface area contributed by atoms with E-state index in [0.717, 1.165) is 9.32 Å². The highest BCUT2D eigenvalue weighted by Gasteiger charge is 2.17. The summed E-state index contributed by atoms with van der Waals surface area (Å²) in [7, 11) is 3.44. The Morgan fingerprint density at radius 2 is 2.00 bits per heavy atom. The quantitative estimate of drug-likeness (QED) is 0.799. The number of ether oxygens (including phenoxy) is 1. The topological polar surface area (TPSA) is 29.5 Å². The maximum Gasteiger partial charge on any atom is 0.262 e. The molecule has 0 aromatic heterocycles. The highest BCUT2D eigenvalue weighted by Crippen LogP contribution is 2.21. The van der Waals surface area contributed by atoms with Crippen LogP contribution in [0.15, 0.2) is 24.3 Å². The average molecular weight is 319 g/mol. The van der Waals surface area contributed by atoms with Crippen molar-refractivity contribution in [3.8, 4) is 5.75 Å². The summed E-state index contributed by atoms with van der Waals surface area (Å²) in [5, 5.41) is 0. The smallest absolute Gasteiger partial charge is 0.262 e. The van der Waals surface area contributed by atoms with Gasteiger partial charge in [-0.25, -0.2) is 0 Å². The first-order valence-electron chi connectivity index (χ1n) is 4.64. The third kappa shape index (κ3) is 3.37. The Balaban J connectivity index is 2.71. The van der Waals surface area contributed by atoms with Crippen LogP contribution in [0.4, 0.5) is 0 Å². The van der Waals surface area contributed by atoms with Crippen LogP contribution in [0.25, 0.3) is 0 Å². The van der Waals surface area contributed by atoms with Gasteiger partial charge in [0, 0.05) is 14.1 Å². The van der Waals surface area contributed by atoms with Crippen LogP contribution in [0.3, 0.4) is 0 Å². The van der Waals surface area contributed by atoms with Crippen LogP contribution in [-0.2, 0) is 4.79 Å². The molecule has 0 aliphatic rings. The number of hydrogen-bond acceptors (Lipinski definition) is 2. The van der Waals surface area contributed by atoms with Gasteiger partial charge < -0.3 is 9.64 Å². The SMILES string of the molecule is CC(Oc1ccccc1I)C(=O)N(C)C. The molecule has 4 heteroatoms. The van der Waals surface area contributed by atoms with Gasteiger partial charge in [0.15, 0.2) is 6.10 Å². The lowest BCUT2D eigenvalue weighted by Crippen LogP contribution is -2.35. The van der Waals surface area contributed by atoms with E-state index in [4.69, 9.17) is 4.74 Å². The molecule has 0 saturated heterocycles. The average Bonchev–Trinajstić information content (AvgIpc) is 2.20. The predicted molar refractivity (Wildman–Crippen MR) is 67.9 cm³/mol. The van der Waals surface area contributed by atoms with Gasteiger partial charge in [-0.1, -0.05) is 12.1 Å². The third-order valence-electron chi connectivity index (χ3n) is 1.93. The fourth-order valence-corrected chi connectivity index (χ4v) is 1.66. The van der Waals surface area contributed by atoms with E-state index >= 15 is 0 Å². The molecule has 0 aliphatic heterocycles. The second-order valence-corrected chi connectivity index (χ2v) is 4.59. The predicted octanol–water partition coefficient (Wildman–Crippen LogP) is 2.15. The molecule has 1 aromatic carbocycles. The van der Waals surface area contributed by atoms with E-state index in [1.807, 2.05) is 24.3 Å². The lowest BCUT2D eigenvalue weighted by molar-refractivity contribution is -0.135. The van der Waals surface area contributed by atoms with Gasteiger partial charge in [-0.3, -0.25) is 4.79 Å². The molecular weight excluding hydrogens is 305 g/mol. The van der Waals surface area contributed by atoms with Crippen LogP contribution in [0.5, 0.6) is 5.75 Å². The van der Waals surface area contributed by atoms with Gasteiger partial charge in [0.25, 0.3) is 5.91 Å². The molecule has 82 valence electrons. The van der Waals surface area contributed by atoms with Crippen LogP contribution in [0, 0.1) is 3.57 Å². The van der Waals surface area contributed by atoms with Crippen molar-refractivity contribution in [2.45, 2.75) is 13.0 Å². The molecule has 0 fully saturated rings. The molecule has 0 radical (unpaired) electrons. The molecule has 0 bridgehead atoms. The van der Waals surface area contributed by atoms with Crippen LogP contribution >= 0.6 is 22.6 Å². The van der Waals surface area contributed by atoms with E-state index in [0.29, 0.717) is 0 Å². The van der Waals surface area contributed by atoms with Crippen molar-refractivity contribution in [2.24, 2.45) is 0 Å². The Hall–Kier alpha value is -0.780. The third-order valence-corrected chi connectivity index (χ3v) is 2.82. The molecule has 1 rings (SSSR count). The van der Waals surface area contributed by atoms with Crippen molar-refractivity contribution in [1.82, 2.24) is 4.90 Å². The van der Waals surface area contributed by atoms with Gasteiger partial charge >= 0.3 is 0 Å². The van der Waals surface area contributed by atoms with Crippen molar-refractivity contribution in [3.05, 3.63) is 27.8 Å². The van der Waals surface area contributed by atoms with Crippen LogP contribution in [0.2, 0.25) is 0 Å². The zero-order valence-electron chi connectivity index (χ0n) is 9.03. The summed E-state index contributed by atoms with van der Waals surface area (Å²) in [6, 6.07) is 7.64. The number of benzene rings is 1. The summed E-state index contributed by atoms with van der Waals surface area (Å²) in [6.45, 7) is 1.76. The van der Waals surface area contributed by atoms with E-state index < -0.39 is 6.10 Å². The Labute approximate surface area is 104 Å². The number of nitrogens with zero attached hydrogens (tertiary/aromatic N) is 1. The van der Waals surface area contributed by atoms with Crippen molar-refractivity contribution in [2.75, 3.05) is 14.1 Å². The molecule has 1 unspecified atom stereocenters. The summed E-state index contributed by atoms with van der Waals surface area (Å²) < 4.78 is 6.58. The Bertz CT molecular complexity index is 352. The molecule has 0 heterocycles. The minimum absolute atomic E-state index is 0.0327. The fourth-order valence-electron chi connectivity index (χ4n) is 1.14. The van der Waals surface area contributed by atoms with Gasteiger partial charge in [-0.15, -0.1) is 0 Å². The first-order chi connectivity index (χ1) is 7.02. The maximum atomic E-state index is 11.6. The number of carbonyl (C=O) groups is 1. The minimum atomic E-state index is -0.448. The second kappa shape index (κ2) is 5.34. The zero-order chi connectivity index (χ0) is 11.4. The van der Waals surface area contributed by atoms with Crippen molar-refractivity contribution >= 4 is 28.5 Å². The van der Waals surface area contributed by atoms with Gasteiger partial charge in [0.2, 0.25) is 0 Å². The fraction of sp³-hybridized carbons (Fsp3) is 0.364. The number of likely N-dealkylation sites (N-methyl/N-ethyl adjacent to an activating group) is 1. The monoisotopic (exact) mass is 319 g/mol. The van der Waals surface area contributed by atoms with E-state index in [-0.39, 0.29) is 5.91 Å². The van der Waals surface area contributed by atoms with Crippen LogP contribution < -0.4 is 4.74 Å². The number of amides is 1. The molecule has 0 aliphatic carbocycles. The molecular formula is C11H14INO2. The molecule has 3 nitrogen and oxygen atoms in total. The Morgan fingerprint density at radius 3 is 2.53 bits per heavy atom. The summed E-state index contributed by atoms with van der Waals surface area (Å²) in [6.07, 6.45) is -0.448. The van der Waals surface area contributed by atoms with Gasteiger partial charge in [0.05, 0.1) is 3.57 Å². The van der Waals surface area contributed by atoms with Crippen LogP contribution in [0.1, 0.15) is 6.92 Å². The van der Waals surface area contributed by atoms with E-state index in [9.17, 15) is 4.79 Å². The second-order valence-electron chi connectivity index (χ2n) is 3.42. The van der Waals surface area contributed by atoms with Crippen molar-refractivity contribution < 1.29 is 9.53 Å². The first kappa shape index (κ1) is 12.3. The van der Waals surface area contributed by atoms with Crippen molar-refractivity contribution in [3.63, 3.8) is 0 Å². The molecule has 0 spiro atoms. The van der Waals surface area contributed by atoms with Crippen LogP contribution in [-0.4, -0.2) is 31.0 Å². The summed E-state index contributed by atoms with van der Waals surface area (Å²) in [5.41, 5.74) is 0. The minimum Gasteiger partial charge on any atom is -0.480 e. The first-order valence-corrected chi connectivity index (χ1v) is 5.72. The molecule has 15 heavy (non-hydrogen) atoms. The molecule has 1 atom stereocenters. The largest absolute Gasteiger partial charge is 0.480 e. The maximum absolute atomic E-state index is 11.6. The number of para-hydroxylation sites is 1. The van der Waals surface area contributed by atoms with E-state index in [2.05, 4.69) is 22.6 Å². The summed E-state index contributed by atoms with van der Waals surface area (Å²) in [4.78, 5) is 13.1. The standard InChI is InChI=1S/C11H14INO2/c1-8(11(14)13(2)3)15-10-7-5-4-6-9(10)12/h4-8H,1-3H3. The number of rotatable bonds is 3. The lowest BCUT2D eigenvalue weighted by atomic mass is 10.3. The van der Waals surface area contributed by atoms with E-state index in [1.54, 1.807) is 21.0 Å². The normalized spacial score (nSPS) is 12.0. The Morgan fingerprint density at radius 1 is 1.40 bits per heavy atom. The molecule has 1 amide bonds. The number of halogens is 1. The number of hydrogen-bond donors (Lipinski definition) is 0. The van der Waals surface area contributed by atoms with Gasteiger partial charge in [0.1, 0.15) is 5.75 Å². The highest BCUT2D eigenvalue weighted by molar-refractivity contribution is 14.1. The van der Waals surface area contributed by atoms with Crippen molar-refractivity contribution in [1.29, 1.82) is 0 Å². The zero-order valence-corrected chi connectivity index (χ0v) is 11.2. The number of carbonyl (C=O) groups excluding carboxylic acids is 1. The Kier molecular flexibility index (Phi) is 4.38. The summed E-state index contributed by atoms with van der Waals surface area (Å²) in [5.74, 6) is 0.718. The van der Waals surface area contributed by atoms with Gasteiger partial charge in [-0.05, 0) is 41.6 Å². The van der Waals surface area contributed by atoms with E-state index in [1.165, 1.54) is 4.90 Å².